The molecule has 0 amide bonds. The summed E-state index contributed by atoms with van der Waals surface area (Å²) in [7, 11) is -3.37. The lowest BCUT2D eigenvalue weighted by molar-refractivity contribution is 0.561. The van der Waals surface area contributed by atoms with Gasteiger partial charge < -0.3 is 4.42 Å². The first-order valence-corrected chi connectivity index (χ1v) is 8.54. The predicted octanol–water partition coefficient (Wildman–Crippen LogP) is 2.76. The van der Waals surface area contributed by atoms with Gasteiger partial charge in [-0.1, -0.05) is 36.4 Å². The van der Waals surface area contributed by atoms with E-state index in [-0.39, 0.29) is 12.3 Å². The summed E-state index contributed by atoms with van der Waals surface area (Å²) in [5.74, 6) is 0.566. The van der Waals surface area contributed by atoms with Gasteiger partial charge in [0.05, 0.1) is 5.75 Å². The maximum absolute atomic E-state index is 12.1. The van der Waals surface area contributed by atoms with Crippen molar-refractivity contribution < 1.29 is 12.8 Å². The van der Waals surface area contributed by atoms with Crippen LogP contribution in [-0.2, 0) is 22.3 Å². The van der Waals surface area contributed by atoms with Crippen LogP contribution in [0.15, 0.2) is 52.9 Å². The Kier molecular flexibility index (Phi) is 3.96. The van der Waals surface area contributed by atoms with E-state index >= 15 is 0 Å². The zero-order valence-corrected chi connectivity index (χ0v) is 12.9. The number of nitrogens with zero attached hydrogens (tertiary/aromatic N) is 1. The molecule has 0 saturated carbocycles. The highest BCUT2D eigenvalue weighted by Crippen LogP contribution is 2.17. The quantitative estimate of drug-likeness (QED) is 0.785. The Morgan fingerprint density at radius 3 is 2.64 bits per heavy atom. The van der Waals surface area contributed by atoms with E-state index in [0.29, 0.717) is 11.5 Å². The molecular formula is C16H16N2O3S. The second-order valence-electron chi connectivity index (χ2n) is 5.10. The van der Waals surface area contributed by atoms with Gasteiger partial charge in [0.2, 0.25) is 10.0 Å². The minimum Gasteiger partial charge on any atom is -0.441 e. The molecule has 6 heteroatoms. The number of aryl methyl sites for hydroxylation is 1. The van der Waals surface area contributed by atoms with Crippen molar-refractivity contribution in [2.75, 3.05) is 0 Å². The van der Waals surface area contributed by atoms with Crippen LogP contribution in [0.3, 0.4) is 0 Å². The van der Waals surface area contributed by atoms with Gasteiger partial charge in [0.15, 0.2) is 11.5 Å². The third-order valence-corrected chi connectivity index (χ3v) is 4.55. The Labute approximate surface area is 129 Å². The molecule has 0 bridgehead atoms. The zero-order chi connectivity index (χ0) is 15.6. The summed E-state index contributed by atoms with van der Waals surface area (Å²) in [5.41, 5.74) is 3.04. The summed E-state index contributed by atoms with van der Waals surface area (Å²) in [4.78, 5) is 4.24. The molecule has 0 fully saturated rings. The minimum atomic E-state index is -3.37. The van der Waals surface area contributed by atoms with Gasteiger partial charge in [-0.05, 0) is 23.3 Å². The number of nitrogens with one attached hydrogen (secondary N) is 1. The molecule has 0 spiro atoms. The molecule has 114 valence electrons. The standard InChI is InChI=1S/C16H16N2O3S/c1-12-18-15-9-14(7-8-16(15)21-12)10-17-22(19,20)11-13-5-3-2-4-6-13/h2-9,17H,10-11H2,1H3. The van der Waals surface area contributed by atoms with Crippen molar-refractivity contribution in [3.8, 4) is 0 Å². The highest BCUT2D eigenvalue weighted by atomic mass is 32.2. The van der Waals surface area contributed by atoms with Gasteiger partial charge in [-0.25, -0.2) is 18.1 Å². The molecule has 5 nitrogen and oxygen atoms in total. The smallest absolute Gasteiger partial charge is 0.216 e. The van der Waals surface area contributed by atoms with E-state index in [4.69, 9.17) is 4.42 Å². The number of hydrogen-bond acceptors (Lipinski definition) is 4. The molecule has 2 aromatic carbocycles. The molecule has 0 aliphatic rings. The van der Waals surface area contributed by atoms with E-state index < -0.39 is 10.0 Å². The van der Waals surface area contributed by atoms with Crippen LogP contribution in [0.1, 0.15) is 17.0 Å². The molecule has 1 aromatic heterocycles. The normalized spacial score (nSPS) is 11.9. The Balaban J connectivity index is 1.69. The Morgan fingerprint density at radius 1 is 1.09 bits per heavy atom. The van der Waals surface area contributed by atoms with Crippen molar-refractivity contribution in [1.82, 2.24) is 9.71 Å². The SMILES string of the molecule is Cc1nc2cc(CNS(=O)(=O)Cc3ccccc3)ccc2o1. The van der Waals surface area contributed by atoms with Gasteiger partial charge in [-0.2, -0.15) is 0 Å². The van der Waals surface area contributed by atoms with Gasteiger partial charge >= 0.3 is 0 Å². The van der Waals surface area contributed by atoms with E-state index in [1.165, 1.54) is 0 Å². The third-order valence-electron chi connectivity index (χ3n) is 3.25. The maximum Gasteiger partial charge on any atom is 0.216 e. The summed E-state index contributed by atoms with van der Waals surface area (Å²) >= 11 is 0. The van der Waals surface area contributed by atoms with Gasteiger partial charge in [-0.3, -0.25) is 0 Å². The Hall–Kier alpha value is -2.18. The molecule has 0 aliphatic carbocycles. The zero-order valence-electron chi connectivity index (χ0n) is 12.1. The van der Waals surface area contributed by atoms with Crippen LogP contribution in [0.4, 0.5) is 0 Å². The number of sulfonamides is 1. The lowest BCUT2D eigenvalue weighted by Gasteiger charge is -2.07. The van der Waals surface area contributed by atoms with E-state index in [2.05, 4.69) is 9.71 Å². The van der Waals surface area contributed by atoms with Crippen LogP contribution in [0.25, 0.3) is 11.1 Å². The van der Waals surface area contributed by atoms with Crippen LogP contribution < -0.4 is 4.72 Å². The summed E-state index contributed by atoms with van der Waals surface area (Å²) in [5, 5.41) is 0. The van der Waals surface area contributed by atoms with Crippen molar-refractivity contribution >= 4 is 21.1 Å². The second kappa shape index (κ2) is 5.90. The molecule has 0 saturated heterocycles. The average molecular weight is 316 g/mol. The largest absolute Gasteiger partial charge is 0.441 e. The molecule has 3 aromatic rings. The first-order chi connectivity index (χ1) is 10.5. The molecule has 3 rings (SSSR count). The van der Waals surface area contributed by atoms with E-state index in [1.807, 2.05) is 30.3 Å². The van der Waals surface area contributed by atoms with Crippen molar-refractivity contribution in [3.63, 3.8) is 0 Å². The topological polar surface area (TPSA) is 72.2 Å². The monoisotopic (exact) mass is 316 g/mol. The summed E-state index contributed by atoms with van der Waals surface area (Å²) in [6, 6.07) is 14.6. The first kappa shape index (κ1) is 14.7. The average Bonchev–Trinajstić information content (AvgIpc) is 2.85. The molecule has 0 aliphatic heterocycles. The molecule has 0 atom stereocenters. The van der Waals surface area contributed by atoms with E-state index in [1.54, 1.807) is 25.1 Å². The van der Waals surface area contributed by atoms with Crippen molar-refractivity contribution in [1.29, 1.82) is 0 Å². The van der Waals surface area contributed by atoms with Gasteiger partial charge in [0, 0.05) is 13.5 Å². The molecule has 22 heavy (non-hydrogen) atoms. The molecule has 1 N–H and O–H groups in total. The number of aromatic nitrogens is 1. The molecule has 0 radical (unpaired) electrons. The molecule has 0 unspecified atom stereocenters. The Bertz CT molecular complexity index is 886. The van der Waals surface area contributed by atoms with Crippen molar-refractivity contribution in [3.05, 3.63) is 65.5 Å². The predicted molar refractivity (Wildman–Crippen MR) is 84.7 cm³/mol. The van der Waals surface area contributed by atoms with Gasteiger partial charge in [0.25, 0.3) is 0 Å². The van der Waals surface area contributed by atoms with Gasteiger partial charge in [-0.15, -0.1) is 0 Å². The fourth-order valence-corrected chi connectivity index (χ4v) is 3.36. The highest BCUT2D eigenvalue weighted by Gasteiger charge is 2.11. The lowest BCUT2D eigenvalue weighted by atomic mass is 10.2. The van der Waals surface area contributed by atoms with Crippen molar-refractivity contribution in [2.24, 2.45) is 0 Å². The van der Waals surface area contributed by atoms with Crippen molar-refractivity contribution in [2.45, 2.75) is 19.2 Å². The highest BCUT2D eigenvalue weighted by molar-refractivity contribution is 7.88. The van der Waals surface area contributed by atoms with E-state index in [0.717, 1.165) is 16.6 Å². The minimum absolute atomic E-state index is 0.0286. The number of oxazole rings is 1. The molecular weight excluding hydrogens is 300 g/mol. The van der Waals surface area contributed by atoms with Crippen LogP contribution in [0.5, 0.6) is 0 Å². The fraction of sp³-hybridized carbons (Fsp3) is 0.188. The maximum atomic E-state index is 12.1. The first-order valence-electron chi connectivity index (χ1n) is 6.89. The van der Waals surface area contributed by atoms with E-state index in [9.17, 15) is 8.42 Å². The Morgan fingerprint density at radius 2 is 1.86 bits per heavy atom. The third kappa shape index (κ3) is 3.52. The summed E-state index contributed by atoms with van der Waals surface area (Å²) in [6.45, 7) is 2.01. The van der Waals surface area contributed by atoms with Crippen LogP contribution in [-0.4, -0.2) is 13.4 Å². The van der Waals surface area contributed by atoms with Crippen LogP contribution >= 0.6 is 0 Å². The summed E-state index contributed by atoms with van der Waals surface area (Å²) < 4.78 is 32.2. The lowest BCUT2D eigenvalue weighted by Crippen LogP contribution is -2.24. The number of rotatable bonds is 5. The van der Waals surface area contributed by atoms with Gasteiger partial charge in [0.1, 0.15) is 5.52 Å². The molecule has 1 heterocycles. The number of hydrogen-bond donors (Lipinski definition) is 1. The van der Waals surface area contributed by atoms with Crippen LogP contribution in [0.2, 0.25) is 0 Å². The van der Waals surface area contributed by atoms with Crippen LogP contribution in [0, 0.1) is 6.92 Å². The number of benzene rings is 2. The number of fused-ring (bicyclic) bond motifs is 1. The summed E-state index contributed by atoms with van der Waals surface area (Å²) in [6.07, 6.45) is 0. The second-order valence-corrected chi connectivity index (χ2v) is 6.91. The fourth-order valence-electron chi connectivity index (χ4n) is 2.24.